The molecule has 0 spiro atoms. The van der Waals surface area contributed by atoms with Gasteiger partial charge in [0.2, 0.25) is 11.7 Å². The minimum Gasteiger partial charge on any atom is -0.500 e. The van der Waals surface area contributed by atoms with Crippen LogP contribution in [-0.2, 0) is 9.59 Å². The molecule has 12 heteroatoms. The van der Waals surface area contributed by atoms with Crippen LogP contribution in [-0.4, -0.2) is 45.1 Å². The topological polar surface area (TPSA) is 139 Å². The van der Waals surface area contributed by atoms with E-state index in [1.165, 1.54) is 12.1 Å². The van der Waals surface area contributed by atoms with E-state index in [2.05, 4.69) is 5.32 Å². The molecule has 0 unspecified atom stereocenters. The number of benzene rings is 2. The van der Waals surface area contributed by atoms with Crippen molar-refractivity contribution in [2.75, 3.05) is 18.5 Å². The van der Waals surface area contributed by atoms with Gasteiger partial charge in [-0.15, -0.1) is 0 Å². The number of hydrogen-bond acceptors (Lipinski definition) is 8. The van der Waals surface area contributed by atoms with E-state index in [0.717, 1.165) is 11.0 Å². The molecule has 2 aromatic rings. The van der Waals surface area contributed by atoms with E-state index in [1.54, 1.807) is 31.2 Å². The number of nitro groups is 1. The molecular weight excluding hydrogens is 462 g/mol. The number of hydrogen-bond donors (Lipinski definition) is 2. The third-order valence-corrected chi connectivity index (χ3v) is 5.43. The number of nitrogens with one attached hydrogen (secondary N) is 1. The van der Waals surface area contributed by atoms with Gasteiger partial charge in [-0.2, -0.15) is 0 Å². The first-order valence-corrected chi connectivity index (χ1v) is 10.3. The van der Waals surface area contributed by atoms with Crippen LogP contribution in [0, 0.1) is 10.1 Å². The Morgan fingerprint density at radius 2 is 2.06 bits per heavy atom. The van der Waals surface area contributed by atoms with Gasteiger partial charge in [0.15, 0.2) is 5.75 Å². The summed E-state index contributed by atoms with van der Waals surface area (Å²) in [6, 6.07) is 8.86. The molecular formula is C20H16ClN3O7S. The van der Waals surface area contributed by atoms with E-state index in [0.29, 0.717) is 22.5 Å². The van der Waals surface area contributed by atoms with Crippen molar-refractivity contribution in [1.82, 2.24) is 4.90 Å². The van der Waals surface area contributed by atoms with Crippen LogP contribution in [0.5, 0.6) is 11.5 Å². The Bertz CT molecular complexity index is 1150. The molecule has 1 aliphatic heterocycles. The van der Waals surface area contributed by atoms with Gasteiger partial charge in [0.25, 0.3) is 11.1 Å². The van der Waals surface area contributed by atoms with Gasteiger partial charge >= 0.3 is 5.69 Å². The van der Waals surface area contributed by atoms with Crippen molar-refractivity contribution in [2.45, 2.75) is 6.92 Å². The number of carbonyl (C=O) groups excluding carboxylic acids is 3. The summed E-state index contributed by atoms with van der Waals surface area (Å²) < 4.78 is 5.20. The number of thioether (sulfide) groups is 1. The molecule has 3 amide bonds. The molecule has 2 aromatic carbocycles. The molecule has 3 rings (SSSR count). The van der Waals surface area contributed by atoms with Crippen LogP contribution in [0.3, 0.4) is 0 Å². The lowest BCUT2D eigenvalue weighted by atomic mass is 10.1. The Morgan fingerprint density at radius 3 is 2.72 bits per heavy atom. The highest BCUT2D eigenvalue weighted by atomic mass is 35.5. The lowest BCUT2D eigenvalue weighted by Gasteiger charge is -2.13. The number of phenols is 1. The number of aromatic hydroxyl groups is 1. The number of imide groups is 1. The highest BCUT2D eigenvalue weighted by molar-refractivity contribution is 8.18. The van der Waals surface area contributed by atoms with Crippen molar-refractivity contribution in [1.29, 1.82) is 0 Å². The largest absolute Gasteiger partial charge is 0.500 e. The molecule has 10 nitrogen and oxygen atoms in total. The summed E-state index contributed by atoms with van der Waals surface area (Å²) in [4.78, 5) is 48.4. The smallest absolute Gasteiger partial charge is 0.315 e. The van der Waals surface area contributed by atoms with Gasteiger partial charge < -0.3 is 15.2 Å². The lowest BCUT2D eigenvalue weighted by Crippen LogP contribution is -2.36. The summed E-state index contributed by atoms with van der Waals surface area (Å²) >= 11 is 6.57. The number of nitrogens with zero attached hydrogens (tertiary/aromatic N) is 2. The van der Waals surface area contributed by atoms with Gasteiger partial charge in [-0.3, -0.25) is 29.4 Å². The molecule has 0 saturated carbocycles. The number of ether oxygens (including phenoxy) is 1. The fraction of sp³-hybridized carbons (Fsp3) is 0.150. The number of rotatable bonds is 7. The van der Waals surface area contributed by atoms with Crippen LogP contribution in [0.15, 0.2) is 41.3 Å². The van der Waals surface area contributed by atoms with Crippen molar-refractivity contribution in [3.05, 3.63) is 62.0 Å². The second-order valence-corrected chi connectivity index (χ2v) is 7.77. The predicted octanol–water partition coefficient (Wildman–Crippen LogP) is 4.03. The monoisotopic (exact) mass is 477 g/mol. The standard InChI is InChI=1S/C20H16ClN3O7S/c1-2-31-15-8-11(7-14(18(15)26)24(29)30)9-16-19(27)23(20(28)32-16)10-17(25)22-13-6-4-3-5-12(13)21/h3-9,26H,2,10H2,1H3,(H,22,25)/b16-9+. The number of carbonyl (C=O) groups is 3. The molecule has 0 aromatic heterocycles. The van der Waals surface area contributed by atoms with Crippen molar-refractivity contribution >= 4 is 57.9 Å². The Hall–Kier alpha value is -3.57. The van der Waals surface area contributed by atoms with Crippen molar-refractivity contribution < 1.29 is 29.2 Å². The zero-order valence-electron chi connectivity index (χ0n) is 16.5. The number of nitro benzene ring substituents is 1. The Labute approximate surface area is 190 Å². The minimum atomic E-state index is -0.792. The SMILES string of the molecule is CCOc1cc(/C=C2/SC(=O)N(CC(=O)Nc3ccccc3Cl)C2=O)cc([N+](=O)[O-])c1O. The fourth-order valence-corrected chi connectivity index (χ4v) is 3.81. The summed E-state index contributed by atoms with van der Waals surface area (Å²) in [7, 11) is 0. The average Bonchev–Trinajstić information content (AvgIpc) is 2.99. The van der Waals surface area contributed by atoms with Crippen LogP contribution >= 0.6 is 23.4 Å². The van der Waals surface area contributed by atoms with E-state index in [9.17, 15) is 29.6 Å². The van der Waals surface area contributed by atoms with E-state index in [1.807, 2.05) is 0 Å². The average molecular weight is 478 g/mol. The molecule has 0 atom stereocenters. The second-order valence-electron chi connectivity index (χ2n) is 6.37. The number of anilines is 1. The van der Waals surface area contributed by atoms with Crippen molar-refractivity contribution in [3.63, 3.8) is 0 Å². The third kappa shape index (κ3) is 5.01. The predicted molar refractivity (Wildman–Crippen MR) is 119 cm³/mol. The molecule has 166 valence electrons. The van der Waals surface area contributed by atoms with E-state index in [-0.39, 0.29) is 22.8 Å². The summed E-state index contributed by atoms with van der Waals surface area (Å²) in [6.07, 6.45) is 1.26. The number of halogens is 1. The van der Waals surface area contributed by atoms with Crippen molar-refractivity contribution in [2.24, 2.45) is 0 Å². The van der Waals surface area contributed by atoms with Gasteiger partial charge in [-0.05, 0) is 48.5 Å². The maximum Gasteiger partial charge on any atom is 0.315 e. The normalized spacial score (nSPS) is 14.7. The molecule has 1 saturated heterocycles. The van der Waals surface area contributed by atoms with Gasteiger partial charge in [-0.25, -0.2) is 0 Å². The second kappa shape index (κ2) is 9.71. The molecule has 0 bridgehead atoms. The summed E-state index contributed by atoms with van der Waals surface area (Å²) in [5.41, 5.74) is -0.106. The molecule has 0 aliphatic carbocycles. The third-order valence-electron chi connectivity index (χ3n) is 4.19. The zero-order chi connectivity index (χ0) is 23.4. The van der Waals surface area contributed by atoms with Gasteiger partial charge in [0, 0.05) is 6.07 Å². The van der Waals surface area contributed by atoms with E-state index < -0.39 is 40.0 Å². The van der Waals surface area contributed by atoms with Crippen LogP contribution in [0.25, 0.3) is 6.08 Å². The van der Waals surface area contributed by atoms with E-state index in [4.69, 9.17) is 16.3 Å². The quantitative estimate of drug-likeness (QED) is 0.346. The summed E-state index contributed by atoms with van der Waals surface area (Å²) in [6.45, 7) is 1.25. The Morgan fingerprint density at radius 1 is 1.34 bits per heavy atom. The molecule has 1 heterocycles. The highest BCUT2D eigenvalue weighted by Crippen LogP contribution is 2.39. The molecule has 1 aliphatic rings. The highest BCUT2D eigenvalue weighted by Gasteiger charge is 2.36. The molecule has 1 fully saturated rings. The Balaban J connectivity index is 1.81. The summed E-state index contributed by atoms with van der Waals surface area (Å²) in [5, 5.41) is 23.3. The van der Waals surface area contributed by atoms with Crippen LogP contribution < -0.4 is 10.1 Å². The molecule has 32 heavy (non-hydrogen) atoms. The van der Waals surface area contributed by atoms with Gasteiger partial charge in [0.05, 0.1) is 27.1 Å². The van der Waals surface area contributed by atoms with Crippen LogP contribution in [0.1, 0.15) is 12.5 Å². The zero-order valence-corrected chi connectivity index (χ0v) is 18.1. The van der Waals surface area contributed by atoms with Crippen LogP contribution in [0.4, 0.5) is 16.2 Å². The lowest BCUT2D eigenvalue weighted by molar-refractivity contribution is -0.386. The van der Waals surface area contributed by atoms with E-state index >= 15 is 0 Å². The number of para-hydroxylation sites is 1. The first-order chi connectivity index (χ1) is 15.2. The Kier molecular flexibility index (Phi) is 7.01. The maximum absolute atomic E-state index is 12.7. The fourth-order valence-electron chi connectivity index (χ4n) is 2.79. The molecule has 0 radical (unpaired) electrons. The summed E-state index contributed by atoms with van der Waals surface area (Å²) in [5.74, 6) is -2.13. The number of phenolic OH excluding ortho intramolecular Hbond substituents is 1. The minimum absolute atomic E-state index is 0.0389. The first kappa shape index (κ1) is 23.1. The van der Waals surface area contributed by atoms with Crippen molar-refractivity contribution in [3.8, 4) is 11.5 Å². The first-order valence-electron chi connectivity index (χ1n) is 9.15. The van der Waals surface area contributed by atoms with Gasteiger partial charge in [0.1, 0.15) is 6.54 Å². The maximum atomic E-state index is 12.7. The van der Waals surface area contributed by atoms with Gasteiger partial charge in [-0.1, -0.05) is 23.7 Å². The molecule has 2 N–H and O–H groups in total. The number of amides is 3. The van der Waals surface area contributed by atoms with Crippen LogP contribution in [0.2, 0.25) is 5.02 Å².